The maximum Gasteiger partial charge on any atom is 0.309 e. The summed E-state index contributed by atoms with van der Waals surface area (Å²) >= 11 is 0. The molecule has 0 aliphatic carbocycles. The third kappa shape index (κ3) is 44.5. The van der Waals surface area contributed by atoms with Crippen LogP contribution in [0, 0.1) is 0 Å². The van der Waals surface area contributed by atoms with Gasteiger partial charge in [0.1, 0.15) is 6.61 Å². The van der Waals surface area contributed by atoms with Gasteiger partial charge in [0.05, 0.1) is 13.0 Å². The van der Waals surface area contributed by atoms with Crippen molar-refractivity contribution in [2.24, 2.45) is 0 Å². The molecule has 5 nitrogen and oxygen atoms in total. The van der Waals surface area contributed by atoms with Gasteiger partial charge in [-0.25, -0.2) is 0 Å². The molecule has 0 saturated carbocycles. The lowest BCUT2D eigenvalue weighted by molar-refractivity contribution is -0.162. The summed E-state index contributed by atoms with van der Waals surface area (Å²) in [6.07, 6.45) is 68.9. The number of unbranched alkanes of at least 4 members (excludes halogenated alkanes) is 4. The summed E-state index contributed by atoms with van der Waals surface area (Å²) in [4.78, 5) is 25.2. The van der Waals surface area contributed by atoms with Crippen molar-refractivity contribution in [3.8, 4) is 0 Å². The Kier molecular flexibility index (Phi) is 43.7. The summed E-state index contributed by atoms with van der Waals surface area (Å²) in [5.41, 5.74) is 0. The third-order valence-corrected chi connectivity index (χ3v) is 8.40. The van der Waals surface area contributed by atoms with Gasteiger partial charge >= 0.3 is 11.9 Å². The number of ether oxygens (including phenoxy) is 3. The number of hydrogen-bond acceptors (Lipinski definition) is 5. The lowest BCUT2D eigenvalue weighted by atomic mass is 10.1. The number of esters is 2. The quantitative estimate of drug-likeness (QED) is 0.0354. The van der Waals surface area contributed by atoms with Crippen LogP contribution in [0.5, 0.6) is 0 Å². The molecule has 0 aliphatic heterocycles. The number of rotatable bonds is 38. The van der Waals surface area contributed by atoms with Gasteiger partial charge in [-0.15, -0.1) is 0 Å². The Hall–Kier alpha value is -4.22. The zero-order chi connectivity index (χ0) is 42.1. The minimum atomic E-state index is -0.635. The first-order valence-corrected chi connectivity index (χ1v) is 22.4. The molecule has 0 amide bonds. The lowest BCUT2D eigenvalue weighted by Gasteiger charge is -2.18. The molecule has 0 fully saturated rings. The van der Waals surface area contributed by atoms with Gasteiger partial charge in [0.2, 0.25) is 0 Å². The van der Waals surface area contributed by atoms with Crippen LogP contribution in [0.1, 0.15) is 149 Å². The van der Waals surface area contributed by atoms with E-state index in [1.54, 1.807) is 0 Å². The topological polar surface area (TPSA) is 61.8 Å². The summed E-state index contributed by atoms with van der Waals surface area (Å²) in [6, 6.07) is 0. The van der Waals surface area contributed by atoms with Gasteiger partial charge in [-0.05, 0) is 103 Å². The highest BCUT2D eigenvalue weighted by molar-refractivity contribution is 5.71. The van der Waals surface area contributed by atoms with E-state index in [4.69, 9.17) is 14.2 Å². The van der Waals surface area contributed by atoms with E-state index in [1.165, 1.54) is 0 Å². The summed E-state index contributed by atoms with van der Waals surface area (Å²) < 4.78 is 17.1. The molecular formula is C53H80O5. The first-order chi connectivity index (χ1) is 28.6. The molecule has 0 saturated heterocycles. The van der Waals surface area contributed by atoms with Crippen LogP contribution in [-0.2, 0) is 23.8 Å². The molecule has 0 aromatic heterocycles. The Balaban J connectivity index is 4.58. The molecule has 0 bridgehead atoms. The number of carbonyl (C=O) groups excluding carboxylic acids is 2. The van der Waals surface area contributed by atoms with Gasteiger partial charge in [-0.3, -0.25) is 9.59 Å². The highest BCUT2D eigenvalue weighted by Gasteiger charge is 2.17. The summed E-state index contributed by atoms with van der Waals surface area (Å²) in [6.45, 7) is 7.20. The van der Waals surface area contributed by atoms with Crippen LogP contribution >= 0.6 is 0 Å². The predicted octanol–water partition coefficient (Wildman–Crippen LogP) is 15.0. The minimum Gasteiger partial charge on any atom is -0.461 e. The van der Waals surface area contributed by atoms with E-state index < -0.39 is 6.10 Å². The molecule has 0 aliphatic rings. The summed E-state index contributed by atoms with van der Waals surface area (Å²) in [7, 11) is 0. The van der Waals surface area contributed by atoms with Crippen LogP contribution in [0.3, 0.4) is 0 Å². The summed E-state index contributed by atoms with van der Waals surface area (Å²) in [5.74, 6) is -0.668. The Morgan fingerprint density at radius 3 is 1.22 bits per heavy atom. The van der Waals surface area contributed by atoms with Crippen LogP contribution < -0.4 is 0 Å². The Morgan fingerprint density at radius 2 is 0.776 bits per heavy atom. The van der Waals surface area contributed by atoms with Crippen LogP contribution in [0.15, 0.2) is 146 Å². The molecule has 1 unspecified atom stereocenters. The molecule has 0 radical (unpaired) electrons. The fourth-order valence-electron chi connectivity index (χ4n) is 5.20. The van der Waals surface area contributed by atoms with Crippen molar-refractivity contribution in [2.45, 2.75) is 155 Å². The monoisotopic (exact) mass is 797 g/mol. The fraction of sp³-hybridized carbons (Fsp3) is 0.509. The minimum absolute atomic E-state index is 0.0176. The standard InChI is InChI=1S/C53H80O5/c1-4-7-10-13-16-19-22-25-27-29-31-34-37-40-43-46-52(54)57-50-51(49-56-48-45-42-39-36-33-30-26-23-20-17-14-11-8-5-2)58-53(55)47-44-41-38-35-32-28-24-21-18-15-12-9-6-3/h7-12,16-21,25-28,30-32,34,38,40-41,43,51H,4-6,13-15,22-24,29,33,35-37,39,42,44-50H2,1-3H3/b10-7-,11-8-,12-9-,19-16-,20-17-,21-18-,27-25-,30-26-,32-28-,34-31-,41-38-,43-40-. The summed E-state index contributed by atoms with van der Waals surface area (Å²) in [5, 5.41) is 0. The van der Waals surface area contributed by atoms with Gasteiger partial charge in [-0.2, -0.15) is 0 Å². The molecule has 58 heavy (non-hydrogen) atoms. The van der Waals surface area contributed by atoms with Gasteiger partial charge in [0.25, 0.3) is 0 Å². The Labute approximate surface area is 355 Å². The second-order valence-electron chi connectivity index (χ2n) is 13.8. The highest BCUT2D eigenvalue weighted by Crippen LogP contribution is 2.08. The van der Waals surface area contributed by atoms with Crippen LogP contribution in [0.4, 0.5) is 0 Å². The molecule has 0 spiro atoms. The third-order valence-electron chi connectivity index (χ3n) is 8.40. The maximum atomic E-state index is 12.7. The van der Waals surface area contributed by atoms with Crippen molar-refractivity contribution < 1.29 is 23.8 Å². The molecule has 1 atom stereocenters. The SMILES string of the molecule is CC/C=C\C/C=C\C/C=C\C/C=C\C/C=C\CC(=O)OCC(COCCCCCC/C=C\C/C=C\C/C=C\CC)OC(=O)CC/C=C\C/C=C\C/C=C\C/C=C\CC. The first-order valence-electron chi connectivity index (χ1n) is 22.4. The van der Waals surface area contributed by atoms with Crippen molar-refractivity contribution in [1.29, 1.82) is 0 Å². The van der Waals surface area contributed by atoms with Crippen LogP contribution in [0.25, 0.3) is 0 Å². The number of carbonyl (C=O) groups is 2. The van der Waals surface area contributed by atoms with Crippen LogP contribution in [-0.4, -0.2) is 37.9 Å². The van der Waals surface area contributed by atoms with E-state index in [-0.39, 0.29) is 38.0 Å². The van der Waals surface area contributed by atoms with E-state index in [9.17, 15) is 9.59 Å². The number of hydrogen-bond donors (Lipinski definition) is 0. The molecule has 322 valence electrons. The normalized spacial score (nSPS) is 13.6. The van der Waals surface area contributed by atoms with Gasteiger partial charge < -0.3 is 14.2 Å². The Morgan fingerprint density at radius 1 is 0.397 bits per heavy atom. The van der Waals surface area contributed by atoms with Crippen molar-refractivity contribution in [2.75, 3.05) is 19.8 Å². The molecule has 0 aromatic carbocycles. The van der Waals surface area contributed by atoms with Crippen LogP contribution in [0.2, 0.25) is 0 Å². The predicted molar refractivity (Wildman–Crippen MR) is 251 cm³/mol. The maximum absolute atomic E-state index is 12.7. The first kappa shape index (κ1) is 53.8. The zero-order valence-corrected chi connectivity index (χ0v) is 36.7. The van der Waals surface area contributed by atoms with Crippen molar-refractivity contribution in [1.82, 2.24) is 0 Å². The molecule has 5 heteroatoms. The van der Waals surface area contributed by atoms with Gasteiger partial charge in [-0.1, -0.05) is 179 Å². The molecule has 0 aromatic rings. The highest BCUT2D eigenvalue weighted by atomic mass is 16.6. The molecular weight excluding hydrogens is 717 g/mol. The molecule has 0 N–H and O–H groups in total. The van der Waals surface area contributed by atoms with Crippen molar-refractivity contribution >= 4 is 11.9 Å². The largest absolute Gasteiger partial charge is 0.461 e. The second kappa shape index (κ2) is 47.2. The lowest BCUT2D eigenvalue weighted by Crippen LogP contribution is -2.30. The van der Waals surface area contributed by atoms with Gasteiger partial charge in [0, 0.05) is 13.0 Å². The van der Waals surface area contributed by atoms with E-state index in [2.05, 4.69) is 148 Å². The smallest absolute Gasteiger partial charge is 0.309 e. The molecule has 0 heterocycles. The zero-order valence-electron chi connectivity index (χ0n) is 36.7. The Bertz CT molecular complexity index is 1310. The fourth-order valence-corrected chi connectivity index (χ4v) is 5.20. The van der Waals surface area contributed by atoms with Crippen molar-refractivity contribution in [3.63, 3.8) is 0 Å². The van der Waals surface area contributed by atoms with E-state index in [0.717, 1.165) is 109 Å². The second-order valence-corrected chi connectivity index (χ2v) is 13.8. The average molecular weight is 797 g/mol. The average Bonchev–Trinajstić information content (AvgIpc) is 3.22. The van der Waals surface area contributed by atoms with Crippen molar-refractivity contribution in [3.05, 3.63) is 146 Å². The van der Waals surface area contributed by atoms with E-state index >= 15 is 0 Å². The number of allylic oxidation sites excluding steroid dienone is 23. The van der Waals surface area contributed by atoms with Gasteiger partial charge in [0.15, 0.2) is 6.10 Å². The van der Waals surface area contributed by atoms with E-state index in [1.807, 2.05) is 18.2 Å². The molecule has 0 rings (SSSR count). The van der Waals surface area contributed by atoms with E-state index in [0.29, 0.717) is 13.0 Å².